The molecule has 1 aromatic carbocycles. The number of nitrogens with one attached hydrogen (secondary N) is 1. The first kappa shape index (κ1) is 16.2. The number of phenolic OH excluding ortho intramolecular Hbond substituents is 2. The van der Waals surface area contributed by atoms with Crippen LogP contribution in [0.5, 0.6) is 11.5 Å². The van der Waals surface area contributed by atoms with Gasteiger partial charge in [-0.2, -0.15) is 0 Å². The van der Waals surface area contributed by atoms with E-state index in [0.29, 0.717) is 0 Å². The average Bonchev–Trinajstić information content (AvgIpc) is 2.57. The monoisotopic (exact) mass is 341 g/mol. The van der Waals surface area contributed by atoms with Crippen molar-refractivity contribution in [2.24, 2.45) is 0 Å². The molecule has 4 N–H and O–H groups in total. The average molecular weight is 341 g/mol. The number of carboxylic acids is 1. The second kappa shape index (κ2) is 5.75. The molecule has 25 heavy (non-hydrogen) atoms. The molecule has 0 radical (unpaired) electrons. The molecule has 3 rings (SSSR count). The molecule has 0 bridgehead atoms. The number of aromatic hydroxyl groups is 2. The van der Waals surface area contributed by atoms with E-state index in [1.807, 2.05) is 0 Å². The van der Waals surface area contributed by atoms with Gasteiger partial charge in [0.2, 0.25) is 11.6 Å². The van der Waals surface area contributed by atoms with E-state index in [-0.39, 0.29) is 22.4 Å². The molecular weight excluding hydrogens is 330 g/mol. The van der Waals surface area contributed by atoms with E-state index in [2.05, 4.69) is 5.32 Å². The van der Waals surface area contributed by atoms with Crippen LogP contribution in [0.1, 0.15) is 17.2 Å². The Hall–Kier alpha value is -3.68. The van der Waals surface area contributed by atoms with Crippen molar-refractivity contribution in [1.82, 2.24) is 5.32 Å². The SMILES string of the molecule is O=C(O)C1=Cc2cc(O)c(O)cc2C(C(=O)C2=CC(=O)C(=O)C=C2)N1. The Labute approximate surface area is 140 Å². The minimum absolute atomic E-state index is 0.0766. The van der Waals surface area contributed by atoms with Crippen LogP contribution in [0, 0.1) is 0 Å². The van der Waals surface area contributed by atoms with Gasteiger partial charge in [0.15, 0.2) is 17.3 Å². The van der Waals surface area contributed by atoms with Gasteiger partial charge in [-0.3, -0.25) is 14.4 Å². The Bertz CT molecular complexity index is 937. The molecule has 0 spiro atoms. The predicted octanol–water partition coefficient (Wildman–Crippen LogP) is 0.371. The molecule has 0 saturated carbocycles. The lowest BCUT2D eigenvalue weighted by Gasteiger charge is -2.26. The van der Waals surface area contributed by atoms with E-state index in [1.165, 1.54) is 12.2 Å². The molecule has 8 nitrogen and oxygen atoms in total. The maximum absolute atomic E-state index is 12.7. The third-order valence-electron chi connectivity index (χ3n) is 3.81. The van der Waals surface area contributed by atoms with Crippen LogP contribution < -0.4 is 5.32 Å². The first-order valence-electron chi connectivity index (χ1n) is 7.07. The Morgan fingerprint density at radius 2 is 1.64 bits per heavy atom. The number of phenols is 2. The summed E-state index contributed by atoms with van der Waals surface area (Å²) >= 11 is 0. The Kier molecular flexibility index (Phi) is 3.72. The highest BCUT2D eigenvalue weighted by Gasteiger charge is 2.32. The summed E-state index contributed by atoms with van der Waals surface area (Å²) in [6.07, 6.45) is 4.22. The molecule has 2 aliphatic rings. The van der Waals surface area contributed by atoms with Crippen LogP contribution in [-0.4, -0.2) is 38.6 Å². The zero-order valence-electron chi connectivity index (χ0n) is 12.5. The van der Waals surface area contributed by atoms with Crippen molar-refractivity contribution in [1.29, 1.82) is 0 Å². The molecule has 1 unspecified atom stereocenters. The fourth-order valence-electron chi connectivity index (χ4n) is 2.57. The third kappa shape index (κ3) is 2.80. The Morgan fingerprint density at radius 1 is 0.960 bits per heavy atom. The van der Waals surface area contributed by atoms with E-state index in [1.54, 1.807) is 0 Å². The Morgan fingerprint density at radius 3 is 2.28 bits per heavy atom. The van der Waals surface area contributed by atoms with E-state index in [4.69, 9.17) is 0 Å². The van der Waals surface area contributed by atoms with Crippen LogP contribution in [-0.2, 0) is 19.2 Å². The molecule has 1 aliphatic heterocycles. The lowest BCUT2D eigenvalue weighted by atomic mass is 9.88. The highest BCUT2D eigenvalue weighted by Crippen LogP contribution is 2.36. The summed E-state index contributed by atoms with van der Waals surface area (Å²) in [6.45, 7) is 0. The standard InChI is InChI=1S/C17H11NO7/c19-11-2-1-7(4-12(11)20)16(23)15-9-6-14(22)13(21)5-8(9)3-10(18-15)17(24)25/h1-6,15,18,21-22H,(H,24,25). The molecule has 0 saturated heterocycles. The van der Waals surface area contributed by atoms with Gasteiger partial charge < -0.3 is 20.6 Å². The van der Waals surface area contributed by atoms with Gasteiger partial charge in [-0.15, -0.1) is 0 Å². The smallest absolute Gasteiger partial charge is 0.352 e. The van der Waals surface area contributed by atoms with Crippen molar-refractivity contribution in [3.8, 4) is 11.5 Å². The second-order valence-corrected chi connectivity index (χ2v) is 5.44. The summed E-state index contributed by atoms with van der Waals surface area (Å²) in [4.78, 5) is 46.7. The fourth-order valence-corrected chi connectivity index (χ4v) is 2.57. The first-order valence-corrected chi connectivity index (χ1v) is 7.07. The normalized spacial score (nSPS) is 18.8. The van der Waals surface area contributed by atoms with Crippen molar-refractivity contribution in [3.05, 3.63) is 52.8 Å². The van der Waals surface area contributed by atoms with Crippen LogP contribution >= 0.6 is 0 Å². The number of hydrogen-bond donors (Lipinski definition) is 4. The van der Waals surface area contributed by atoms with Crippen LogP contribution in [0.25, 0.3) is 6.08 Å². The zero-order chi connectivity index (χ0) is 18.3. The van der Waals surface area contributed by atoms with Crippen molar-refractivity contribution < 1.29 is 34.5 Å². The van der Waals surface area contributed by atoms with E-state index < -0.39 is 40.9 Å². The number of benzene rings is 1. The van der Waals surface area contributed by atoms with E-state index in [0.717, 1.165) is 24.3 Å². The maximum Gasteiger partial charge on any atom is 0.352 e. The van der Waals surface area contributed by atoms with Crippen LogP contribution in [0.3, 0.4) is 0 Å². The molecule has 1 atom stereocenters. The van der Waals surface area contributed by atoms with Crippen LogP contribution in [0.15, 0.2) is 41.6 Å². The highest BCUT2D eigenvalue weighted by molar-refractivity contribution is 6.47. The summed E-state index contributed by atoms with van der Waals surface area (Å²) < 4.78 is 0. The van der Waals surface area contributed by atoms with Gasteiger partial charge in [0.1, 0.15) is 11.7 Å². The summed E-state index contributed by atoms with van der Waals surface area (Å²) in [5.74, 6) is -4.55. The fraction of sp³-hybridized carbons (Fsp3) is 0.0588. The lowest BCUT2D eigenvalue weighted by Crippen LogP contribution is -2.35. The largest absolute Gasteiger partial charge is 0.504 e. The Balaban J connectivity index is 2.08. The molecule has 1 heterocycles. The molecule has 0 amide bonds. The number of hydrogen-bond acceptors (Lipinski definition) is 7. The topological polar surface area (TPSA) is 141 Å². The summed E-state index contributed by atoms with van der Waals surface area (Å²) in [5.41, 5.74) is 0.0857. The molecular formula is C17H11NO7. The second-order valence-electron chi connectivity index (χ2n) is 5.44. The minimum atomic E-state index is -1.32. The van der Waals surface area contributed by atoms with Gasteiger partial charge in [0.05, 0.1) is 0 Å². The minimum Gasteiger partial charge on any atom is -0.504 e. The maximum atomic E-state index is 12.7. The van der Waals surface area contributed by atoms with Gasteiger partial charge in [-0.25, -0.2) is 4.79 Å². The molecule has 0 aromatic heterocycles. The number of carbonyl (C=O) groups is 4. The number of rotatable bonds is 3. The van der Waals surface area contributed by atoms with Crippen LogP contribution in [0.2, 0.25) is 0 Å². The van der Waals surface area contributed by atoms with Crippen LogP contribution in [0.4, 0.5) is 0 Å². The number of Topliss-reactive ketones (excluding diaryl/α,β-unsaturated/α-hetero) is 1. The van der Waals surface area contributed by atoms with Crippen molar-refractivity contribution >= 4 is 29.4 Å². The molecule has 126 valence electrons. The lowest BCUT2D eigenvalue weighted by molar-refractivity contribution is -0.133. The molecule has 1 aromatic rings. The van der Waals surface area contributed by atoms with Gasteiger partial charge >= 0.3 is 5.97 Å². The zero-order valence-corrected chi connectivity index (χ0v) is 12.5. The summed E-state index contributed by atoms with van der Waals surface area (Å²) in [5, 5.41) is 31.0. The molecule has 8 heteroatoms. The van der Waals surface area contributed by atoms with Gasteiger partial charge in [-0.05, 0) is 41.5 Å². The van der Waals surface area contributed by atoms with Gasteiger partial charge in [-0.1, -0.05) is 0 Å². The summed E-state index contributed by atoms with van der Waals surface area (Å²) in [7, 11) is 0. The highest BCUT2D eigenvalue weighted by atomic mass is 16.4. The molecule has 1 aliphatic carbocycles. The quantitative estimate of drug-likeness (QED) is 0.351. The number of aliphatic carboxylic acids is 1. The molecule has 0 fully saturated rings. The van der Waals surface area contributed by atoms with Crippen molar-refractivity contribution in [2.45, 2.75) is 6.04 Å². The first-order chi connectivity index (χ1) is 11.8. The van der Waals surface area contributed by atoms with Gasteiger partial charge in [0, 0.05) is 11.6 Å². The van der Waals surface area contributed by atoms with Gasteiger partial charge in [0.25, 0.3) is 0 Å². The number of allylic oxidation sites excluding steroid dienone is 3. The summed E-state index contributed by atoms with van der Waals surface area (Å²) in [6, 6.07) is 1.05. The van der Waals surface area contributed by atoms with Crippen molar-refractivity contribution in [2.75, 3.05) is 0 Å². The number of carboxylic acid groups (broad SMARTS) is 1. The van der Waals surface area contributed by atoms with E-state index >= 15 is 0 Å². The number of fused-ring (bicyclic) bond motifs is 1. The number of ketones is 3. The number of carbonyl (C=O) groups excluding carboxylic acids is 3. The predicted molar refractivity (Wildman–Crippen MR) is 83.5 cm³/mol. The third-order valence-corrected chi connectivity index (χ3v) is 3.81. The van der Waals surface area contributed by atoms with Crippen molar-refractivity contribution in [3.63, 3.8) is 0 Å². The van der Waals surface area contributed by atoms with E-state index in [9.17, 15) is 34.5 Å².